The largest absolute Gasteiger partial charge is 0.345 e. The predicted molar refractivity (Wildman–Crippen MR) is 136 cm³/mol. The van der Waals surface area contributed by atoms with Crippen molar-refractivity contribution in [3.63, 3.8) is 0 Å². The van der Waals surface area contributed by atoms with Gasteiger partial charge in [-0.05, 0) is 49.2 Å². The number of nitrogens with one attached hydrogen (secondary N) is 1. The molecule has 0 fully saturated rings. The molecule has 3 aromatic carbocycles. The highest BCUT2D eigenvalue weighted by molar-refractivity contribution is 7.98. The van der Waals surface area contributed by atoms with E-state index in [-0.39, 0.29) is 22.8 Å². The summed E-state index contributed by atoms with van der Waals surface area (Å²) in [6.07, 6.45) is 0. The van der Waals surface area contributed by atoms with E-state index in [4.69, 9.17) is 11.6 Å². The maximum absolute atomic E-state index is 12.7. The van der Waals surface area contributed by atoms with Gasteiger partial charge in [0.15, 0.2) is 11.0 Å². The van der Waals surface area contributed by atoms with Gasteiger partial charge >= 0.3 is 0 Å². The molecular formula is C25H22ClN5O3S. The van der Waals surface area contributed by atoms with Gasteiger partial charge in [-0.25, -0.2) is 0 Å². The van der Waals surface area contributed by atoms with Crippen molar-refractivity contribution in [1.29, 1.82) is 0 Å². The van der Waals surface area contributed by atoms with E-state index < -0.39 is 10.8 Å². The number of hydrogen-bond donors (Lipinski definition) is 1. The maximum Gasteiger partial charge on any atom is 0.288 e. The van der Waals surface area contributed by atoms with Crippen molar-refractivity contribution < 1.29 is 9.72 Å². The molecule has 1 amide bonds. The van der Waals surface area contributed by atoms with Gasteiger partial charge in [0.2, 0.25) is 0 Å². The summed E-state index contributed by atoms with van der Waals surface area (Å²) in [6.45, 7) is 4.17. The number of aromatic nitrogens is 3. The Morgan fingerprint density at radius 1 is 1.09 bits per heavy atom. The molecule has 1 aromatic heterocycles. The van der Waals surface area contributed by atoms with Gasteiger partial charge in [0.25, 0.3) is 11.6 Å². The van der Waals surface area contributed by atoms with Crippen LogP contribution in [0.4, 0.5) is 5.69 Å². The molecule has 4 rings (SSSR count). The summed E-state index contributed by atoms with van der Waals surface area (Å²) in [4.78, 5) is 23.2. The van der Waals surface area contributed by atoms with Gasteiger partial charge in [0.05, 0.1) is 11.5 Å². The van der Waals surface area contributed by atoms with Crippen LogP contribution in [0.5, 0.6) is 0 Å². The predicted octanol–water partition coefficient (Wildman–Crippen LogP) is 5.67. The zero-order valence-corrected chi connectivity index (χ0v) is 20.6. The fourth-order valence-corrected chi connectivity index (χ4v) is 4.66. The van der Waals surface area contributed by atoms with E-state index in [1.807, 2.05) is 47.9 Å². The highest BCUT2D eigenvalue weighted by Crippen LogP contribution is 2.27. The molecule has 0 spiro atoms. The van der Waals surface area contributed by atoms with Crippen molar-refractivity contribution in [2.24, 2.45) is 0 Å². The molecule has 1 N–H and O–H groups in total. The number of carbonyl (C=O) groups excluding carboxylic acids is 1. The number of hydrogen-bond acceptors (Lipinski definition) is 6. The SMILES string of the molecule is Cc1ccc(-n2c(CNC(=O)c3ccc(Cl)c([N+](=O)[O-])c3)nnc2SCc2ccccc2C)cc1. The van der Waals surface area contributed by atoms with Gasteiger partial charge < -0.3 is 5.32 Å². The van der Waals surface area contributed by atoms with E-state index in [0.717, 1.165) is 23.1 Å². The van der Waals surface area contributed by atoms with Gasteiger partial charge in [-0.15, -0.1) is 10.2 Å². The first kappa shape index (κ1) is 24.4. The van der Waals surface area contributed by atoms with Crippen molar-refractivity contribution >= 4 is 35.0 Å². The number of nitro groups is 1. The molecule has 0 radical (unpaired) electrons. The van der Waals surface area contributed by atoms with Crippen molar-refractivity contribution in [2.75, 3.05) is 0 Å². The Morgan fingerprint density at radius 2 is 1.83 bits per heavy atom. The average Bonchev–Trinajstić information content (AvgIpc) is 3.25. The number of halogens is 1. The van der Waals surface area contributed by atoms with Crippen molar-refractivity contribution in [2.45, 2.75) is 31.3 Å². The molecule has 178 valence electrons. The summed E-state index contributed by atoms with van der Waals surface area (Å²) in [7, 11) is 0. The summed E-state index contributed by atoms with van der Waals surface area (Å²) in [5.74, 6) is 0.785. The maximum atomic E-state index is 12.7. The first-order valence-corrected chi connectivity index (χ1v) is 12.1. The molecule has 0 saturated heterocycles. The molecule has 0 saturated carbocycles. The van der Waals surface area contributed by atoms with Crippen molar-refractivity contribution in [1.82, 2.24) is 20.1 Å². The molecule has 0 unspecified atom stereocenters. The molecule has 10 heteroatoms. The molecule has 4 aromatic rings. The Kier molecular flexibility index (Phi) is 7.48. The number of carbonyl (C=O) groups is 1. The van der Waals surface area contributed by atoms with E-state index in [1.54, 1.807) is 11.8 Å². The van der Waals surface area contributed by atoms with Crippen molar-refractivity contribution in [3.8, 4) is 5.69 Å². The van der Waals surface area contributed by atoms with Gasteiger partial charge in [-0.2, -0.15) is 0 Å². The Bertz CT molecular complexity index is 1390. The van der Waals surface area contributed by atoms with Crippen LogP contribution in [0.25, 0.3) is 5.69 Å². The first-order valence-electron chi connectivity index (χ1n) is 10.7. The molecular weight excluding hydrogens is 486 g/mol. The third kappa shape index (κ3) is 5.70. The number of rotatable bonds is 8. The Balaban J connectivity index is 1.58. The summed E-state index contributed by atoms with van der Waals surface area (Å²) < 4.78 is 1.91. The van der Waals surface area contributed by atoms with Crippen LogP contribution in [0, 0.1) is 24.0 Å². The minimum atomic E-state index is -0.620. The third-order valence-corrected chi connectivity index (χ3v) is 6.72. The van der Waals surface area contributed by atoms with E-state index >= 15 is 0 Å². The van der Waals surface area contributed by atoms with Gasteiger partial charge in [0.1, 0.15) is 5.02 Å². The lowest BCUT2D eigenvalue weighted by molar-refractivity contribution is -0.384. The normalized spacial score (nSPS) is 10.8. The molecule has 0 aliphatic heterocycles. The third-order valence-electron chi connectivity index (χ3n) is 5.42. The van der Waals surface area contributed by atoms with E-state index in [9.17, 15) is 14.9 Å². The van der Waals surface area contributed by atoms with Gasteiger partial charge in [0, 0.05) is 23.1 Å². The van der Waals surface area contributed by atoms with Gasteiger partial charge in [-0.1, -0.05) is 65.3 Å². The van der Waals surface area contributed by atoms with Crippen LogP contribution in [0.3, 0.4) is 0 Å². The van der Waals surface area contributed by atoms with Crippen LogP contribution in [0.1, 0.15) is 32.9 Å². The van der Waals surface area contributed by atoms with Crippen LogP contribution >= 0.6 is 23.4 Å². The number of nitrogens with zero attached hydrogens (tertiary/aromatic N) is 4. The van der Waals surface area contributed by atoms with Crippen LogP contribution in [0.15, 0.2) is 71.9 Å². The number of aryl methyl sites for hydroxylation is 2. The lowest BCUT2D eigenvalue weighted by Gasteiger charge is -2.12. The summed E-state index contributed by atoms with van der Waals surface area (Å²) in [5.41, 5.74) is 4.21. The minimum absolute atomic E-state index is 0.0269. The molecule has 35 heavy (non-hydrogen) atoms. The summed E-state index contributed by atoms with van der Waals surface area (Å²) in [5, 5.41) is 23.3. The van der Waals surface area contributed by atoms with E-state index in [2.05, 4.69) is 34.6 Å². The van der Waals surface area contributed by atoms with Crippen LogP contribution < -0.4 is 5.32 Å². The zero-order chi connectivity index (χ0) is 24.9. The topological polar surface area (TPSA) is 103 Å². The van der Waals surface area contributed by atoms with Gasteiger partial charge in [-0.3, -0.25) is 19.5 Å². The molecule has 0 bridgehead atoms. The number of benzene rings is 3. The van der Waals surface area contributed by atoms with E-state index in [1.165, 1.54) is 23.3 Å². The summed E-state index contributed by atoms with van der Waals surface area (Å²) >= 11 is 7.42. The van der Waals surface area contributed by atoms with Crippen molar-refractivity contribution in [3.05, 3.63) is 110 Å². The second-order valence-corrected chi connectivity index (χ2v) is 9.24. The standard InChI is InChI=1S/C25H22ClN5O3S/c1-16-7-10-20(11-8-16)30-23(28-29-25(30)35-15-19-6-4-3-5-17(19)2)14-27-24(32)18-9-12-21(26)22(13-18)31(33)34/h3-13H,14-15H2,1-2H3,(H,27,32). The fourth-order valence-electron chi connectivity index (χ4n) is 3.43. The lowest BCUT2D eigenvalue weighted by Crippen LogP contribution is -2.24. The van der Waals surface area contributed by atoms with E-state index in [0.29, 0.717) is 11.0 Å². The Morgan fingerprint density at radius 3 is 2.54 bits per heavy atom. The quantitative estimate of drug-likeness (QED) is 0.187. The number of amides is 1. The highest BCUT2D eigenvalue weighted by Gasteiger charge is 2.19. The second kappa shape index (κ2) is 10.7. The molecule has 0 aliphatic carbocycles. The molecule has 8 nitrogen and oxygen atoms in total. The van der Waals surface area contributed by atoms with Crippen LogP contribution in [0.2, 0.25) is 5.02 Å². The summed E-state index contributed by atoms with van der Waals surface area (Å²) in [6, 6.07) is 20.1. The molecule has 0 atom stereocenters. The minimum Gasteiger partial charge on any atom is -0.345 e. The lowest BCUT2D eigenvalue weighted by atomic mass is 10.1. The number of nitro benzene ring substituents is 1. The fraction of sp³-hybridized carbons (Fsp3) is 0.160. The van der Waals surface area contributed by atoms with Crippen LogP contribution in [-0.4, -0.2) is 25.6 Å². The second-order valence-electron chi connectivity index (χ2n) is 7.89. The monoisotopic (exact) mass is 507 g/mol. The molecule has 0 aliphatic rings. The Labute approximate surface area is 211 Å². The highest BCUT2D eigenvalue weighted by atomic mass is 35.5. The van der Waals surface area contributed by atoms with Crippen LogP contribution in [-0.2, 0) is 12.3 Å². The Hall–Kier alpha value is -3.69. The smallest absolute Gasteiger partial charge is 0.288 e. The zero-order valence-electron chi connectivity index (χ0n) is 19.1. The molecule has 1 heterocycles. The number of thioether (sulfide) groups is 1. The average molecular weight is 508 g/mol. The first-order chi connectivity index (χ1) is 16.8.